The SMILES string of the molecule is O=C(Cc1nnc(NC(=O)c2ccccc2)s1)N/N=C\c1ccc(OS(=O)(=O)c2ccccc2)cc1. The zero-order valence-electron chi connectivity index (χ0n) is 18.6. The molecule has 0 radical (unpaired) electrons. The van der Waals surface area contributed by atoms with Crippen LogP contribution in [0.1, 0.15) is 20.9 Å². The third-order valence-corrected chi connectivity index (χ3v) is 6.66. The second-order valence-electron chi connectivity index (χ2n) is 7.21. The lowest BCUT2D eigenvalue weighted by Gasteiger charge is -2.06. The minimum Gasteiger partial charge on any atom is -0.379 e. The second kappa shape index (κ2) is 11.3. The fraction of sp³-hybridized carbons (Fsp3) is 0.0417. The first-order valence-corrected chi connectivity index (χ1v) is 12.7. The quantitative estimate of drug-likeness (QED) is 0.196. The van der Waals surface area contributed by atoms with E-state index >= 15 is 0 Å². The molecule has 0 aliphatic carbocycles. The summed E-state index contributed by atoms with van der Waals surface area (Å²) in [5.41, 5.74) is 3.48. The van der Waals surface area contributed by atoms with Crippen LogP contribution < -0.4 is 14.9 Å². The largest absolute Gasteiger partial charge is 0.379 e. The first-order chi connectivity index (χ1) is 17.4. The smallest absolute Gasteiger partial charge is 0.339 e. The maximum atomic E-state index is 12.3. The lowest BCUT2D eigenvalue weighted by molar-refractivity contribution is -0.120. The van der Waals surface area contributed by atoms with Crippen molar-refractivity contribution in [2.45, 2.75) is 11.3 Å². The predicted molar refractivity (Wildman–Crippen MR) is 134 cm³/mol. The molecule has 0 bridgehead atoms. The number of hydrazone groups is 1. The number of nitrogens with one attached hydrogen (secondary N) is 2. The molecule has 4 aromatic rings. The van der Waals surface area contributed by atoms with Crippen LogP contribution in [0.4, 0.5) is 5.13 Å². The van der Waals surface area contributed by atoms with Crippen LogP contribution in [-0.4, -0.2) is 36.6 Å². The van der Waals surface area contributed by atoms with Gasteiger partial charge in [0.05, 0.1) is 12.6 Å². The van der Waals surface area contributed by atoms with Crippen molar-refractivity contribution < 1.29 is 22.2 Å². The Bertz CT molecular complexity index is 1470. The zero-order chi connectivity index (χ0) is 25.4. The van der Waals surface area contributed by atoms with E-state index in [2.05, 4.69) is 26.0 Å². The molecule has 0 fully saturated rings. The molecular weight excluding hydrogens is 502 g/mol. The minimum atomic E-state index is -3.93. The molecule has 0 atom stereocenters. The van der Waals surface area contributed by atoms with Gasteiger partial charge in [0.2, 0.25) is 11.0 Å². The number of hydrogen-bond donors (Lipinski definition) is 2. The number of hydrogen-bond acceptors (Lipinski definition) is 9. The Morgan fingerprint density at radius 3 is 2.28 bits per heavy atom. The average Bonchev–Trinajstić information content (AvgIpc) is 3.32. The maximum absolute atomic E-state index is 12.3. The summed E-state index contributed by atoms with van der Waals surface area (Å²) < 4.78 is 29.7. The Kier molecular flexibility index (Phi) is 7.78. The standard InChI is InChI=1S/C24H19N5O5S2/c30-21(15-22-28-29-24(35-22)26-23(31)18-7-3-1-4-8-18)27-25-16-17-11-13-19(14-12-17)34-36(32,33)20-9-5-2-6-10-20/h1-14,16H,15H2,(H,27,30)(H,26,29,31)/b25-16-. The normalized spacial score (nSPS) is 11.2. The molecule has 2 amide bonds. The number of anilines is 1. The van der Waals surface area contributed by atoms with Gasteiger partial charge < -0.3 is 4.18 Å². The van der Waals surface area contributed by atoms with E-state index in [9.17, 15) is 18.0 Å². The molecule has 0 saturated carbocycles. The summed E-state index contributed by atoms with van der Waals surface area (Å²) in [7, 11) is -3.93. The summed E-state index contributed by atoms with van der Waals surface area (Å²) in [5.74, 6) is -0.592. The fourth-order valence-corrected chi connectivity index (χ4v) is 4.55. The van der Waals surface area contributed by atoms with Crippen LogP contribution in [0.5, 0.6) is 5.75 Å². The first-order valence-electron chi connectivity index (χ1n) is 10.5. The Morgan fingerprint density at radius 1 is 0.917 bits per heavy atom. The number of carbonyl (C=O) groups is 2. The van der Waals surface area contributed by atoms with Gasteiger partial charge in [0.1, 0.15) is 15.7 Å². The molecular formula is C24H19N5O5S2. The molecule has 182 valence electrons. The van der Waals surface area contributed by atoms with Crippen LogP contribution in [0.2, 0.25) is 0 Å². The highest BCUT2D eigenvalue weighted by molar-refractivity contribution is 7.87. The molecule has 0 aliphatic heterocycles. The highest BCUT2D eigenvalue weighted by Gasteiger charge is 2.16. The van der Waals surface area contributed by atoms with Gasteiger partial charge in [-0.1, -0.05) is 47.7 Å². The van der Waals surface area contributed by atoms with Crippen molar-refractivity contribution in [3.8, 4) is 5.75 Å². The summed E-state index contributed by atoms with van der Waals surface area (Å²) in [5, 5.41) is 15.0. The van der Waals surface area contributed by atoms with Crippen LogP contribution in [0, 0.1) is 0 Å². The molecule has 12 heteroatoms. The molecule has 1 heterocycles. The topological polar surface area (TPSA) is 140 Å². The monoisotopic (exact) mass is 521 g/mol. The fourth-order valence-electron chi connectivity index (χ4n) is 2.86. The van der Waals surface area contributed by atoms with E-state index < -0.39 is 16.0 Å². The number of nitrogens with zero attached hydrogens (tertiary/aromatic N) is 3. The van der Waals surface area contributed by atoms with Crippen molar-refractivity contribution >= 4 is 44.6 Å². The van der Waals surface area contributed by atoms with Crippen molar-refractivity contribution in [3.05, 3.63) is 101 Å². The van der Waals surface area contributed by atoms with E-state index in [1.807, 2.05) is 6.07 Å². The molecule has 0 spiro atoms. The van der Waals surface area contributed by atoms with Crippen LogP contribution in [0.25, 0.3) is 0 Å². The number of rotatable bonds is 9. The highest BCUT2D eigenvalue weighted by Crippen LogP contribution is 2.19. The van der Waals surface area contributed by atoms with Gasteiger partial charge in [-0.05, 0) is 54.1 Å². The number of aromatic nitrogens is 2. The van der Waals surface area contributed by atoms with Crippen molar-refractivity contribution in [2.24, 2.45) is 5.10 Å². The van der Waals surface area contributed by atoms with Crippen molar-refractivity contribution in [3.63, 3.8) is 0 Å². The van der Waals surface area contributed by atoms with E-state index in [1.165, 1.54) is 30.5 Å². The molecule has 1 aromatic heterocycles. The summed E-state index contributed by atoms with van der Waals surface area (Å²) in [6, 6.07) is 22.6. The first kappa shape index (κ1) is 24.7. The third-order valence-electron chi connectivity index (χ3n) is 4.56. The molecule has 4 rings (SSSR count). The molecule has 0 aliphatic rings. The Labute approximate surface area is 210 Å². The van der Waals surface area contributed by atoms with Gasteiger partial charge in [0.15, 0.2) is 0 Å². The van der Waals surface area contributed by atoms with Gasteiger partial charge in [0, 0.05) is 5.56 Å². The van der Waals surface area contributed by atoms with Gasteiger partial charge in [-0.2, -0.15) is 13.5 Å². The minimum absolute atomic E-state index is 0.0551. The van der Waals surface area contributed by atoms with Crippen LogP contribution in [0.3, 0.4) is 0 Å². The number of carbonyl (C=O) groups excluding carboxylic acids is 2. The molecule has 3 aromatic carbocycles. The van der Waals surface area contributed by atoms with Gasteiger partial charge in [-0.15, -0.1) is 10.2 Å². The second-order valence-corrected chi connectivity index (χ2v) is 9.82. The van der Waals surface area contributed by atoms with Gasteiger partial charge in [0.25, 0.3) is 5.91 Å². The average molecular weight is 522 g/mol. The summed E-state index contributed by atoms with van der Waals surface area (Å²) in [6.45, 7) is 0. The van der Waals surface area contributed by atoms with Gasteiger partial charge in [-0.25, -0.2) is 5.43 Å². The predicted octanol–water partition coefficient (Wildman–Crippen LogP) is 3.25. The Hall–Kier alpha value is -4.42. The maximum Gasteiger partial charge on any atom is 0.339 e. The highest BCUT2D eigenvalue weighted by atomic mass is 32.2. The number of amides is 2. The molecule has 0 saturated heterocycles. The van der Waals surface area contributed by atoms with Crippen molar-refractivity contribution in [2.75, 3.05) is 5.32 Å². The molecule has 0 unspecified atom stereocenters. The van der Waals surface area contributed by atoms with E-state index in [-0.39, 0.29) is 28.1 Å². The van der Waals surface area contributed by atoms with Gasteiger partial charge in [-0.3, -0.25) is 14.9 Å². The lowest BCUT2D eigenvalue weighted by Crippen LogP contribution is -2.19. The third kappa shape index (κ3) is 6.81. The number of benzene rings is 3. The summed E-state index contributed by atoms with van der Waals surface area (Å²) >= 11 is 1.09. The van der Waals surface area contributed by atoms with Crippen LogP contribution in [-0.2, 0) is 21.3 Å². The van der Waals surface area contributed by atoms with Crippen LogP contribution >= 0.6 is 11.3 Å². The van der Waals surface area contributed by atoms with Gasteiger partial charge >= 0.3 is 10.1 Å². The molecule has 36 heavy (non-hydrogen) atoms. The van der Waals surface area contributed by atoms with Crippen LogP contribution in [0.15, 0.2) is 94.9 Å². The van der Waals surface area contributed by atoms with Crippen molar-refractivity contribution in [1.29, 1.82) is 0 Å². The molecule has 10 nitrogen and oxygen atoms in total. The van der Waals surface area contributed by atoms with E-state index in [0.717, 1.165) is 11.3 Å². The van der Waals surface area contributed by atoms with E-state index in [0.29, 0.717) is 16.1 Å². The van der Waals surface area contributed by atoms with E-state index in [4.69, 9.17) is 4.18 Å². The summed E-state index contributed by atoms with van der Waals surface area (Å²) in [6.07, 6.45) is 1.33. The lowest BCUT2D eigenvalue weighted by atomic mass is 10.2. The van der Waals surface area contributed by atoms with Crippen molar-refractivity contribution in [1.82, 2.24) is 15.6 Å². The zero-order valence-corrected chi connectivity index (χ0v) is 20.2. The van der Waals surface area contributed by atoms with E-state index in [1.54, 1.807) is 54.6 Å². The molecule has 2 N–H and O–H groups in total. The Morgan fingerprint density at radius 2 is 1.58 bits per heavy atom. The Balaban J connectivity index is 1.26. The summed E-state index contributed by atoms with van der Waals surface area (Å²) in [4.78, 5) is 24.4.